The Balaban J connectivity index is 2.05. The van der Waals surface area contributed by atoms with Crippen molar-refractivity contribution in [3.8, 4) is 0 Å². The van der Waals surface area contributed by atoms with E-state index in [2.05, 4.69) is 52.0 Å². The van der Waals surface area contributed by atoms with E-state index in [9.17, 15) is 0 Å². The first-order valence-corrected chi connectivity index (χ1v) is 6.97. The van der Waals surface area contributed by atoms with Gasteiger partial charge in [0.25, 0.3) is 0 Å². The van der Waals surface area contributed by atoms with Crippen molar-refractivity contribution in [2.75, 3.05) is 24.6 Å². The van der Waals surface area contributed by atoms with Crippen molar-refractivity contribution in [2.45, 2.75) is 24.8 Å². The second-order valence-corrected chi connectivity index (χ2v) is 4.71. The summed E-state index contributed by atoms with van der Waals surface area (Å²) < 4.78 is 5.67. The summed E-state index contributed by atoms with van der Waals surface area (Å²) in [5, 5.41) is 0.925. The molecule has 88 valence electrons. The molecule has 1 aliphatic rings. The molecule has 0 aliphatic carbocycles. The molecule has 2 nitrogen and oxygen atoms in total. The number of hydrogen-bond donors (Lipinski definition) is 0. The van der Waals surface area contributed by atoms with Gasteiger partial charge in [-0.25, -0.2) is 0 Å². The van der Waals surface area contributed by atoms with Gasteiger partial charge >= 0.3 is 0 Å². The second-order valence-electron chi connectivity index (χ2n) is 4.15. The summed E-state index contributed by atoms with van der Waals surface area (Å²) in [6.07, 6.45) is 1.49. The lowest BCUT2D eigenvalue weighted by molar-refractivity contribution is 0.0384. The van der Waals surface area contributed by atoms with Crippen molar-refractivity contribution in [3.05, 3.63) is 29.8 Å². The minimum atomic E-state index is 0.393. The van der Waals surface area contributed by atoms with E-state index < -0.39 is 0 Å². The summed E-state index contributed by atoms with van der Waals surface area (Å²) in [5.41, 5.74) is 2.63. The lowest BCUT2D eigenvalue weighted by Gasteiger charge is -2.34. The lowest BCUT2D eigenvalue weighted by atomic mass is 10.1. The van der Waals surface area contributed by atoms with Gasteiger partial charge in [-0.3, -0.25) is 0 Å². The Bertz CT molecular complexity index is 325. The Morgan fingerprint density at radius 3 is 2.75 bits per heavy atom. The molecule has 0 aromatic heterocycles. The van der Waals surface area contributed by atoms with Gasteiger partial charge in [0.1, 0.15) is 0 Å². The number of ether oxygens (including phenoxy) is 1. The Labute approximate surface area is 106 Å². The molecule has 0 N–H and O–H groups in total. The number of morpholine rings is 1. The Kier molecular flexibility index (Phi) is 4.24. The van der Waals surface area contributed by atoms with E-state index in [-0.39, 0.29) is 0 Å². The third-order valence-electron chi connectivity index (χ3n) is 3.05. The maximum Gasteiger partial charge on any atom is 0.0748 e. The maximum absolute atomic E-state index is 5.67. The third-order valence-corrected chi connectivity index (χ3v) is 3.70. The van der Waals surface area contributed by atoms with Gasteiger partial charge in [-0.15, -0.1) is 0 Å². The molecule has 1 unspecified atom stereocenters. The summed E-state index contributed by atoms with van der Waals surface area (Å²) in [6, 6.07) is 8.77. The zero-order valence-corrected chi connectivity index (χ0v) is 11.2. The number of rotatable bonds is 3. The Morgan fingerprint density at radius 1 is 1.38 bits per heavy atom. The number of hydrogen-bond acceptors (Lipinski definition) is 2. The van der Waals surface area contributed by atoms with Crippen molar-refractivity contribution in [1.82, 2.24) is 0 Å². The summed E-state index contributed by atoms with van der Waals surface area (Å²) >= 11 is 3.47. The number of nitrogens with zero attached hydrogens (tertiary/aromatic N) is 1. The van der Waals surface area contributed by atoms with Crippen molar-refractivity contribution >= 4 is 21.6 Å². The molecule has 0 bridgehead atoms. The van der Waals surface area contributed by atoms with Crippen LogP contribution in [-0.4, -0.2) is 25.8 Å². The molecule has 1 aromatic carbocycles. The van der Waals surface area contributed by atoms with E-state index in [0.29, 0.717) is 6.10 Å². The zero-order chi connectivity index (χ0) is 11.4. The van der Waals surface area contributed by atoms with Crippen LogP contribution < -0.4 is 4.90 Å². The molecule has 0 amide bonds. The van der Waals surface area contributed by atoms with Crippen LogP contribution in [0.25, 0.3) is 0 Å². The fourth-order valence-corrected chi connectivity index (χ4v) is 2.37. The molecule has 1 atom stereocenters. The average Bonchev–Trinajstić information content (AvgIpc) is 2.39. The van der Waals surface area contributed by atoms with Crippen LogP contribution in [0.4, 0.5) is 5.69 Å². The van der Waals surface area contributed by atoms with Gasteiger partial charge in [-0.1, -0.05) is 35.0 Å². The average molecular weight is 284 g/mol. The third kappa shape index (κ3) is 2.77. The number of anilines is 1. The van der Waals surface area contributed by atoms with Crippen LogP contribution in [0, 0.1) is 0 Å². The largest absolute Gasteiger partial charge is 0.375 e. The van der Waals surface area contributed by atoms with Gasteiger partial charge < -0.3 is 9.64 Å². The van der Waals surface area contributed by atoms with E-state index in [1.807, 2.05) is 0 Å². The molecule has 1 aliphatic heterocycles. The van der Waals surface area contributed by atoms with Crippen LogP contribution >= 0.6 is 15.9 Å². The van der Waals surface area contributed by atoms with E-state index >= 15 is 0 Å². The summed E-state index contributed by atoms with van der Waals surface area (Å²) in [5.74, 6) is 0. The molecule has 0 radical (unpaired) electrons. The first kappa shape index (κ1) is 11.9. The fourth-order valence-electron chi connectivity index (χ4n) is 2.00. The van der Waals surface area contributed by atoms with E-state index in [1.54, 1.807) is 0 Å². The van der Waals surface area contributed by atoms with Crippen molar-refractivity contribution in [3.63, 3.8) is 0 Å². The molecule has 1 heterocycles. The van der Waals surface area contributed by atoms with Gasteiger partial charge in [0.2, 0.25) is 0 Å². The Hall–Kier alpha value is -0.540. The van der Waals surface area contributed by atoms with Crippen LogP contribution in [0.5, 0.6) is 0 Å². The van der Waals surface area contributed by atoms with Crippen LogP contribution in [0.1, 0.15) is 18.9 Å². The summed E-state index contributed by atoms with van der Waals surface area (Å²) in [4.78, 5) is 2.41. The van der Waals surface area contributed by atoms with Crippen LogP contribution in [-0.2, 0) is 10.1 Å². The molecular formula is C13H18BrNO. The molecule has 2 rings (SSSR count). The molecule has 1 aromatic rings. The Morgan fingerprint density at radius 2 is 2.12 bits per heavy atom. The van der Waals surface area contributed by atoms with E-state index in [1.165, 1.54) is 11.3 Å². The van der Waals surface area contributed by atoms with E-state index in [4.69, 9.17) is 4.74 Å². The molecular weight excluding hydrogens is 266 g/mol. The maximum atomic E-state index is 5.67. The second kappa shape index (κ2) is 5.69. The lowest BCUT2D eigenvalue weighted by Crippen LogP contribution is -2.42. The smallest absolute Gasteiger partial charge is 0.0748 e. The topological polar surface area (TPSA) is 12.5 Å². The quantitative estimate of drug-likeness (QED) is 0.790. The minimum Gasteiger partial charge on any atom is -0.375 e. The highest BCUT2D eigenvalue weighted by Crippen LogP contribution is 2.20. The van der Waals surface area contributed by atoms with Gasteiger partial charge in [0.05, 0.1) is 12.7 Å². The van der Waals surface area contributed by atoms with Gasteiger partial charge in [-0.05, 0) is 24.1 Å². The number of alkyl halides is 1. The summed E-state index contributed by atoms with van der Waals surface area (Å²) in [7, 11) is 0. The van der Waals surface area contributed by atoms with Gasteiger partial charge in [0.15, 0.2) is 0 Å². The molecule has 1 saturated heterocycles. The highest BCUT2D eigenvalue weighted by atomic mass is 79.9. The predicted octanol–water partition coefficient (Wildman–Crippen LogP) is 3.20. The highest BCUT2D eigenvalue weighted by Gasteiger charge is 2.18. The van der Waals surface area contributed by atoms with Crippen LogP contribution in [0.15, 0.2) is 24.3 Å². The molecule has 1 fully saturated rings. The predicted molar refractivity (Wildman–Crippen MR) is 71.3 cm³/mol. The molecule has 0 spiro atoms. The first-order valence-electron chi connectivity index (χ1n) is 5.85. The van der Waals surface area contributed by atoms with Crippen molar-refractivity contribution < 1.29 is 4.74 Å². The van der Waals surface area contributed by atoms with Crippen molar-refractivity contribution in [1.29, 1.82) is 0 Å². The molecule has 3 heteroatoms. The molecule has 0 saturated carbocycles. The van der Waals surface area contributed by atoms with Gasteiger partial charge in [-0.2, -0.15) is 0 Å². The highest BCUT2D eigenvalue weighted by molar-refractivity contribution is 9.08. The monoisotopic (exact) mass is 283 g/mol. The SMILES string of the molecule is CCC1CN(c2ccc(CBr)cc2)CCO1. The summed E-state index contributed by atoms with van der Waals surface area (Å²) in [6.45, 7) is 5.05. The van der Waals surface area contributed by atoms with Crippen LogP contribution in [0.2, 0.25) is 0 Å². The number of benzene rings is 1. The van der Waals surface area contributed by atoms with E-state index in [0.717, 1.165) is 31.4 Å². The fraction of sp³-hybridized carbons (Fsp3) is 0.538. The number of halogens is 1. The zero-order valence-electron chi connectivity index (χ0n) is 9.66. The van der Waals surface area contributed by atoms with Gasteiger partial charge in [0, 0.05) is 24.1 Å². The standard InChI is InChI=1S/C13H18BrNO/c1-2-13-10-15(7-8-16-13)12-5-3-11(9-14)4-6-12/h3-6,13H,2,7-10H2,1H3. The van der Waals surface area contributed by atoms with Crippen molar-refractivity contribution in [2.24, 2.45) is 0 Å². The molecule has 16 heavy (non-hydrogen) atoms. The minimum absolute atomic E-state index is 0.393. The first-order chi connectivity index (χ1) is 7.83. The van der Waals surface area contributed by atoms with Crippen LogP contribution in [0.3, 0.4) is 0 Å². The normalized spacial score (nSPS) is 21.1.